The highest BCUT2D eigenvalue weighted by atomic mass is 35.5. The van der Waals surface area contributed by atoms with Gasteiger partial charge in [0, 0.05) is 13.5 Å². The Kier molecular flexibility index (Phi) is 10.2. The van der Waals surface area contributed by atoms with E-state index in [0.717, 1.165) is 0 Å². The average molecular weight is 445 g/mol. The third kappa shape index (κ3) is 7.59. The van der Waals surface area contributed by atoms with Crippen LogP contribution in [-0.2, 0) is 24.0 Å². The van der Waals surface area contributed by atoms with Crippen molar-refractivity contribution in [1.82, 2.24) is 20.9 Å². The number of hydrogen-bond acceptors (Lipinski definition) is 5. The van der Waals surface area contributed by atoms with Crippen LogP contribution in [0, 0.1) is 5.92 Å². The lowest BCUT2D eigenvalue weighted by Crippen LogP contribution is -2.56. The molecule has 1 aliphatic rings. The first-order chi connectivity index (χ1) is 14.0. The fourth-order valence-corrected chi connectivity index (χ4v) is 3.61. The van der Waals surface area contributed by atoms with Gasteiger partial charge in [0.2, 0.25) is 23.6 Å². The molecule has 1 fully saturated rings. The molecule has 170 valence electrons. The van der Waals surface area contributed by atoms with E-state index in [1.54, 1.807) is 0 Å². The standard InChI is InChI=1S/C20H33ClN4O5/c1-11(2)9-15(17(27)10-21)24-19(29)16-7-6-8-25(16)20(30)13(4)23-18(28)12(3)22-14(5)26/h11-13,15-16H,6-10H2,1-5H3,(H,22,26)(H,23,28)(H,24,29)/t12-,13-,15-,16-/m0/s1. The van der Waals surface area contributed by atoms with Crippen molar-refractivity contribution >= 4 is 41.0 Å². The van der Waals surface area contributed by atoms with Crippen molar-refractivity contribution in [1.29, 1.82) is 0 Å². The number of hydrogen-bond donors (Lipinski definition) is 3. The third-order valence-electron chi connectivity index (χ3n) is 4.92. The van der Waals surface area contributed by atoms with Crippen LogP contribution in [0.2, 0.25) is 0 Å². The largest absolute Gasteiger partial charge is 0.345 e. The van der Waals surface area contributed by atoms with E-state index in [9.17, 15) is 24.0 Å². The summed E-state index contributed by atoms with van der Waals surface area (Å²) in [7, 11) is 0. The summed E-state index contributed by atoms with van der Waals surface area (Å²) in [5.74, 6) is -1.89. The lowest BCUT2D eigenvalue weighted by molar-refractivity contribution is -0.141. The van der Waals surface area contributed by atoms with E-state index in [1.807, 2.05) is 13.8 Å². The van der Waals surface area contributed by atoms with E-state index in [2.05, 4.69) is 16.0 Å². The Hall–Kier alpha value is -2.16. The molecule has 1 aliphatic heterocycles. The molecule has 0 radical (unpaired) electrons. The lowest BCUT2D eigenvalue weighted by atomic mass is 10.0. The number of carbonyl (C=O) groups excluding carboxylic acids is 5. The molecule has 10 heteroatoms. The zero-order valence-corrected chi connectivity index (χ0v) is 19.0. The van der Waals surface area contributed by atoms with E-state index >= 15 is 0 Å². The third-order valence-corrected chi connectivity index (χ3v) is 5.19. The molecule has 1 saturated heterocycles. The van der Waals surface area contributed by atoms with Gasteiger partial charge < -0.3 is 20.9 Å². The Morgan fingerprint density at radius 3 is 2.17 bits per heavy atom. The van der Waals surface area contributed by atoms with Crippen LogP contribution in [0.15, 0.2) is 0 Å². The van der Waals surface area contributed by atoms with Gasteiger partial charge in [-0.1, -0.05) is 13.8 Å². The number of nitrogens with one attached hydrogen (secondary N) is 3. The highest BCUT2D eigenvalue weighted by Crippen LogP contribution is 2.19. The molecule has 0 aromatic heterocycles. The molecule has 30 heavy (non-hydrogen) atoms. The number of Topliss-reactive ketones (excluding diaryl/α,β-unsaturated/α-hetero) is 1. The van der Waals surface area contributed by atoms with Crippen LogP contribution < -0.4 is 16.0 Å². The first-order valence-electron chi connectivity index (χ1n) is 10.2. The molecule has 0 spiro atoms. The van der Waals surface area contributed by atoms with Gasteiger partial charge in [0.05, 0.1) is 11.9 Å². The quantitative estimate of drug-likeness (QED) is 0.419. The van der Waals surface area contributed by atoms with Crippen molar-refractivity contribution in [3.63, 3.8) is 0 Å². The summed E-state index contributed by atoms with van der Waals surface area (Å²) >= 11 is 5.67. The van der Waals surface area contributed by atoms with Gasteiger partial charge in [0.1, 0.15) is 18.1 Å². The van der Waals surface area contributed by atoms with Crippen LogP contribution in [0.25, 0.3) is 0 Å². The number of carbonyl (C=O) groups is 5. The number of ketones is 1. The second-order valence-electron chi connectivity index (χ2n) is 8.13. The number of nitrogens with zero attached hydrogens (tertiary/aromatic N) is 1. The highest BCUT2D eigenvalue weighted by molar-refractivity contribution is 6.28. The fourth-order valence-electron chi connectivity index (χ4n) is 3.43. The van der Waals surface area contributed by atoms with Crippen LogP contribution in [0.3, 0.4) is 0 Å². The number of likely N-dealkylation sites (tertiary alicyclic amines) is 1. The summed E-state index contributed by atoms with van der Waals surface area (Å²) in [6, 6.07) is -3.04. The summed E-state index contributed by atoms with van der Waals surface area (Å²) in [5, 5.41) is 7.76. The highest BCUT2D eigenvalue weighted by Gasteiger charge is 2.37. The molecule has 0 bridgehead atoms. The lowest BCUT2D eigenvalue weighted by Gasteiger charge is -2.29. The van der Waals surface area contributed by atoms with E-state index in [1.165, 1.54) is 25.7 Å². The minimum Gasteiger partial charge on any atom is -0.345 e. The monoisotopic (exact) mass is 444 g/mol. The normalized spacial score (nSPS) is 19.0. The molecular weight excluding hydrogens is 412 g/mol. The van der Waals surface area contributed by atoms with Crippen LogP contribution >= 0.6 is 11.6 Å². The van der Waals surface area contributed by atoms with E-state index < -0.39 is 36.0 Å². The SMILES string of the molecule is CC(=O)N[C@@H](C)C(=O)N[C@@H](C)C(=O)N1CCC[C@H]1C(=O)N[C@@H](CC(C)C)C(=O)CCl. The van der Waals surface area contributed by atoms with Crippen LogP contribution in [0.5, 0.6) is 0 Å². The molecule has 4 atom stereocenters. The minimum atomic E-state index is -0.863. The molecule has 0 saturated carbocycles. The Morgan fingerprint density at radius 2 is 1.63 bits per heavy atom. The zero-order valence-electron chi connectivity index (χ0n) is 18.3. The molecule has 0 aromatic rings. The number of rotatable bonds is 10. The van der Waals surface area contributed by atoms with Gasteiger partial charge in [-0.2, -0.15) is 0 Å². The Bertz CT molecular complexity index is 670. The first-order valence-corrected chi connectivity index (χ1v) is 10.8. The topological polar surface area (TPSA) is 125 Å². The average Bonchev–Trinajstić information content (AvgIpc) is 3.14. The molecule has 1 heterocycles. The first kappa shape index (κ1) is 25.9. The van der Waals surface area contributed by atoms with E-state index in [-0.39, 0.29) is 29.4 Å². The Morgan fingerprint density at radius 1 is 1.00 bits per heavy atom. The van der Waals surface area contributed by atoms with Crippen molar-refractivity contribution in [3.8, 4) is 0 Å². The van der Waals surface area contributed by atoms with Gasteiger partial charge in [-0.05, 0) is 39.0 Å². The van der Waals surface area contributed by atoms with Crippen LogP contribution in [0.1, 0.15) is 53.9 Å². The van der Waals surface area contributed by atoms with Gasteiger partial charge in [0.25, 0.3) is 0 Å². The number of halogens is 1. The summed E-state index contributed by atoms with van der Waals surface area (Å²) in [6.07, 6.45) is 1.58. The molecule has 4 amide bonds. The minimum absolute atomic E-state index is 0.185. The molecule has 9 nitrogen and oxygen atoms in total. The van der Waals surface area contributed by atoms with Gasteiger partial charge in [-0.25, -0.2) is 0 Å². The second-order valence-corrected chi connectivity index (χ2v) is 8.40. The second kappa shape index (κ2) is 11.9. The molecule has 0 aromatic carbocycles. The molecule has 1 rings (SSSR count). The predicted molar refractivity (Wildman–Crippen MR) is 113 cm³/mol. The molecular formula is C20H33ClN4O5. The maximum absolute atomic E-state index is 12.8. The molecule has 3 N–H and O–H groups in total. The molecule has 0 unspecified atom stereocenters. The number of alkyl halides is 1. The predicted octanol–water partition coefficient (Wildman–Crippen LogP) is 0.346. The summed E-state index contributed by atoms with van der Waals surface area (Å²) in [6.45, 7) is 8.62. The van der Waals surface area contributed by atoms with Crippen molar-refractivity contribution < 1.29 is 24.0 Å². The van der Waals surface area contributed by atoms with Gasteiger partial charge >= 0.3 is 0 Å². The smallest absolute Gasteiger partial charge is 0.245 e. The fraction of sp³-hybridized carbons (Fsp3) is 0.750. The van der Waals surface area contributed by atoms with Crippen molar-refractivity contribution in [2.75, 3.05) is 12.4 Å². The van der Waals surface area contributed by atoms with Gasteiger partial charge in [-0.3, -0.25) is 24.0 Å². The van der Waals surface area contributed by atoms with Crippen LogP contribution in [0.4, 0.5) is 0 Å². The number of amides is 4. The summed E-state index contributed by atoms with van der Waals surface area (Å²) in [4.78, 5) is 62.4. The summed E-state index contributed by atoms with van der Waals surface area (Å²) in [5.41, 5.74) is 0. The van der Waals surface area contributed by atoms with Gasteiger partial charge in [-0.15, -0.1) is 11.6 Å². The van der Waals surface area contributed by atoms with Gasteiger partial charge in [0.15, 0.2) is 5.78 Å². The summed E-state index contributed by atoms with van der Waals surface area (Å²) < 4.78 is 0. The van der Waals surface area contributed by atoms with Crippen LogP contribution in [-0.4, -0.2) is 70.9 Å². The maximum Gasteiger partial charge on any atom is 0.245 e. The Balaban J connectivity index is 2.78. The maximum atomic E-state index is 12.8. The van der Waals surface area contributed by atoms with Crippen molar-refractivity contribution in [2.45, 2.75) is 78.0 Å². The zero-order chi connectivity index (χ0) is 23.0. The Labute approximate surface area is 182 Å². The van der Waals surface area contributed by atoms with E-state index in [4.69, 9.17) is 11.6 Å². The van der Waals surface area contributed by atoms with Crippen molar-refractivity contribution in [2.24, 2.45) is 5.92 Å². The van der Waals surface area contributed by atoms with Crippen molar-refractivity contribution in [3.05, 3.63) is 0 Å². The van der Waals surface area contributed by atoms with E-state index in [0.29, 0.717) is 25.8 Å². The molecule has 0 aliphatic carbocycles.